The number of anilines is 1. The van der Waals surface area contributed by atoms with Crippen LogP contribution in [0.15, 0.2) is 18.2 Å². The highest BCUT2D eigenvalue weighted by Crippen LogP contribution is 2.32. The highest BCUT2D eigenvalue weighted by molar-refractivity contribution is 7.91. The van der Waals surface area contributed by atoms with E-state index in [9.17, 15) is 18.0 Å². The molecule has 25 heavy (non-hydrogen) atoms. The Hall–Kier alpha value is -2.29. The van der Waals surface area contributed by atoms with Gasteiger partial charge in [0.1, 0.15) is 19.6 Å². The SMILES string of the molecule is CN(C(=O)CC(=O)Nc1ccc2c(c1)OCCO2)C1CCS(=O)(=O)C1. The number of carbonyl (C=O) groups excluding carboxylic acids is 2. The molecule has 2 aliphatic heterocycles. The molecule has 2 amide bonds. The van der Waals surface area contributed by atoms with Crippen molar-refractivity contribution in [1.82, 2.24) is 4.90 Å². The number of rotatable bonds is 4. The van der Waals surface area contributed by atoms with E-state index in [0.29, 0.717) is 36.8 Å². The number of benzene rings is 1. The van der Waals surface area contributed by atoms with Gasteiger partial charge in [-0.3, -0.25) is 9.59 Å². The molecule has 3 rings (SSSR count). The van der Waals surface area contributed by atoms with Gasteiger partial charge >= 0.3 is 0 Å². The van der Waals surface area contributed by atoms with Crippen LogP contribution in [0, 0.1) is 0 Å². The first-order valence-corrected chi connectivity index (χ1v) is 9.82. The van der Waals surface area contributed by atoms with Crippen LogP contribution in [-0.4, -0.2) is 62.9 Å². The van der Waals surface area contributed by atoms with Gasteiger partial charge in [-0.25, -0.2) is 8.42 Å². The Kier molecular flexibility index (Phi) is 4.85. The molecule has 9 heteroatoms. The zero-order valence-electron chi connectivity index (χ0n) is 13.9. The fourth-order valence-corrected chi connectivity index (χ4v) is 4.65. The molecule has 1 N–H and O–H groups in total. The topological polar surface area (TPSA) is 102 Å². The summed E-state index contributed by atoms with van der Waals surface area (Å²) < 4.78 is 33.9. The molecule has 0 radical (unpaired) electrons. The van der Waals surface area contributed by atoms with Gasteiger partial charge in [0, 0.05) is 24.8 Å². The van der Waals surface area contributed by atoms with E-state index in [1.165, 1.54) is 11.9 Å². The molecule has 0 aliphatic carbocycles. The fourth-order valence-electron chi connectivity index (χ4n) is 2.87. The van der Waals surface area contributed by atoms with Crippen LogP contribution in [0.2, 0.25) is 0 Å². The Balaban J connectivity index is 1.56. The van der Waals surface area contributed by atoms with Crippen LogP contribution in [0.25, 0.3) is 0 Å². The first-order chi connectivity index (χ1) is 11.8. The molecule has 1 atom stereocenters. The summed E-state index contributed by atoms with van der Waals surface area (Å²) in [6.45, 7) is 0.925. The summed E-state index contributed by atoms with van der Waals surface area (Å²) in [7, 11) is -1.55. The van der Waals surface area contributed by atoms with Gasteiger partial charge in [0.05, 0.1) is 11.5 Å². The minimum atomic E-state index is -3.08. The van der Waals surface area contributed by atoms with Crippen molar-refractivity contribution in [3.8, 4) is 11.5 Å². The smallest absolute Gasteiger partial charge is 0.233 e. The van der Waals surface area contributed by atoms with E-state index >= 15 is 0 Å². The highest BCUT2D eigenvalue weighted by atomic mass is 32.2. The van der Waals surface area contributed by atoms with Crippen molar-refractivity contribution in [3.63, 3.8) is 0 Å². The van der Waals surface area contributed by atoms with E-state index in [2.05, 4.69) is 5.32 Å². The lowest BCUT2D eigenvalue weighted by atomic mass is 10.2. The normalized spacial score (nSPS) is 20.8. The predicted octanol–water partition coefficient (Wildman–Crippen LogP) is 0.432. The molecule has 136 valence electrons. The second-order valence-corrected chi connectivity index (χ2v) is 8.37. The molecule has 0 spiro atoms. The average Bonchev–Trinajstić information content (AvgIpc) is 2.93. The van der Waals surface area contributed by atoms with E-state index in [1.807, 2.05) is 0 Å². The van der Waals surface area contributed by atoms with Crippen molar-refractivity contribution < 1.29 is 27.5 Å². The summed E-state index contributed by atoms with van der Waals surface area (Å²) in [6, 6.07) is 4.65. The van der Waals surface area contributed by atoms with Gasteiger partial charge in [-0.15, -0.1) is 0 Å². The number of nitrogens with one attached hydrogen (secondary N) is 1. The molecule has 1 unspecified atom stereocenters. The second-order valence-electron chi connectivity index (χ2n) is 6.14. The largest absolute Gasteiger partial charge is 0.486 e. The molecule has 0 bridgehead atoms. The van der Waals surface area contributed by atoms with Crippen LogP contribution in [0.4, 0.5) is 5.69 Å². The molecule has 1 aromatic carbocycles. The molecular weight excluding hydrogens is 348 g/mol. The summed E-state index contributed by atoms with van der Waals surface area (Å²) in [5.74, 6) is 0.329. The molecular formula is C16H20N2O6S. The average molecular weight is 368 g/mol. The van der Waals surface area contributed by atoms with Crippen molar-refractivity contribution in [2.45, 2.75) is 18.9 Å². The zero-order chi connectivity index (χ0) is 18.0. The lowest BCUT2D eigenvalue weighted by molar-refractivity contribution is -0.134. The predicted molar refractivity (Wildman–Crippen MR) is 90.5 cm³/mol. The maximum absolute atomic E-state index is 12.2. The van der Waals surface area contributed by atoms with Gasteiger partial charge in [-0.2, -0.15) is 0 Å². The molecule has 2 aliphatic rings. The van der Waals surface area contributed by atoms with Crippen LogP contribution >= 0.6 is 0 Å². The standard InChI is InChI=1S/C16H20N2O6S/c1-18(12-4-7-25(21,22)10-12)16(20)9-15(19)17-11-2-3-13-14(8-11)24-6-5-23-13/h2-3,8,12H,4-7,9-10H2,1H3,(H,17,19). The Morgan fingerprint density at radius 3 is 2.64 bits per heavy atom. The maximum Gasteiger partial charge on any atom is 0.233 e. The van der Waals surface area contributed by atoms with Crippen LogP contribution in [0.1, 0.15) is 12.8 Å². The molecule has 1 aromatic rings. The van der Waals surface area contributed by atoms with E-state index < -0.39 is 21.7 Å². The van der Waals surface area contributed by atoms with Crippen molar-refractivity contribution in [1.29, 1.82) is 0 Å². The third kappa shape index (κ3) is 4.22. The Bertz CT molecular complexity index is 792. The molecule has 8 nitrogen and oxygen atoms in total. The zero-order valence-corrected chi connectivity index (χ0v) is 14.7. The Morgan fingerprint density at radius 2 is 1.96 bits per heavy atom. The number of hydrogen-bond donors (Lipinski definition) is 1. The van der Waals surface area contributed by atoms with Gasteiger partial charge in [0.15, 0.2) is 21.3 Å². The summed E-state index contributed by atoms with van der Waals surface area (Å²) >= 11 is 0. The molecule has 1 fully saturated rings. The van der Waals surface area contributed by atoms with E-state index in [1.54, 1.807) is 18.2 Å². The van der Waals surface area contributed by atoms with E-state index in [4.69, 9.17) is 9.47 Å². The Labute approximate surface area is 146 Å². The van der Waals surface area contributed by atoms with Crippen molar-refractivity contribution in [2.75, 3.05) is 37.1 Å². The van der Waals surface area contributed by atoms with E-state index in [-0.39, 0.29) is 24.0 Å². The molecule has 1 saturated heterocycles. The third-order valence-electron chi connectivity index (χ3n) is 4.29. The summed E-state index contributed by atoms with van der Waals surface area (Å²) in [5, 5.41) is 2.64. The fraction of sp³-hybridized carbons (Fsp3) is 0.500. The van der Waals surface area contributed by atoms with Crippen LogP contribution in [0.5, 0.6) is 11.5 Å². The number of ether oxygens (including phenoxy) is 2. The lowest BCUT2D eigenvalue weighted by Crippen LogP contribution is -2.39. The van der Waals surface area contributed by atoms with Crippen molar-refractivity contribution >= 4 is 27.3 Å². The number of nitrogens with zero attached hydrogens (tertiary/aromatic N) is 1. The first-order valence-electron chi connectivity index (χ1n) is 8.00. The maximum atomic E-state index is 12.2. The van der Waals surface area contributed by atoms with E-state index in [0.717, 1.165) is 0 Å². The summed E-state index contributed by atoms with van der Waals surface area (Å²) in [5.41, 5.74) is 0.508. The summed E-state index contributed by atoms with van der Waals surface area (Å²) in [6.07, 6.45) is 0.0653. The number of hydrogen-bond acceptors (Lipinski definition) is 6. The molecule has 2 heterocycles. The van der Waals surface area contributed by atoms with Crippen LogP contribution in [0.3, 0.4) is 0 Å². The Morgan fingerprint density at radius 1 is 1.24 bits per heavy atom. The minimum absolute atomic E-state index is 0.0426. The van der Waals surface area contributed by atoms with Gasteiger partial charge in [-0.05, 0) is 18.6 Å². The molecule has 0 aromatic heterocycles. The minimum Gasteiger partial charge on any atom is -0.486 e. The summed E-state index contributed by atoms with van der Waals surface area (Å²) in [4.78, 5) is 25.6. The first kappa shape index (κ1) is 17.5. The number of amides is 2. The van der Waals surface area contributed by atoms with Gasteiger partial charge in [0.2, 0.25) is 11.8 Å². The third-order valence-corrected chi connectivity index (χ3v) is 6.04. The number of sulfone groups is 1. The van der Waals surface area contributed by atoms with Gasteiger partial charge in [0.25, 0.3) is 0 Å². The highest BCUT2D eigenvalue weighted by Gasteiger charge is 2.33. The van der Waals surface area contributed by atoms with Crippen LogP contribution < -0.4 is 14.8 Å². The quantitative estimate of drug-likeness (QED) is 0.774. The van der Waals surface area contributed by atoms with Gasteiger partial charge < -0.3 is 19.7 Å². The lowest BCUT2D eigenvalue weighted by Gasteiger charge is -2.23. The second kappa shape index (κ2) is 6.91. The number of carbonyl (C=O) groups is 2. The monoisotopic (exact) mass is 368 g/mol. The van der Waals surface area contributed by atoms with Gasteiger partial charge in [-0.1, -0.05) is 0 Å². The molecule has 0 saturated carbocycles. The van der Waals surface area contributed by atoms with Crippen molar-refractivity contribution in [3.05, 3.63) is 18.2 Å². The van der Waals surface area contributed by atoms with Crippen LogP contribution in [-0.2, 0) is 19.4 Å². The number of fused-ring (bicyclic) bond motifs is 1. The van der Waals surface area contributed by atoms with Crippen molar-refractivity contribution in [2.24, 2.45) is 0 Å².